The Morgan fingerprint density at radius 3 is 2.69 bits per heavy atom. The topological polar surface area (TPSA) is 78.9 Å². The molecule has 0 N–H and O–H groups in total. The molecule has 3 aliphatic rings. The number of Topliss-reactive ketones (excluding diaryl/α,β-unsaturated/α-hetero) is 2. The summed E-state index contributed by atoms with van der Waals surface area (Å²) in [7, 11) is 1.55. The predicted molar refractivity (Wildman–Crippen MR) is 93.4 cm³/mol. The lowest BCUT2D eigenvalue weighted by atomic mass is 9.86. The van der Waals surface area contributed by atoms with Gasteiger partial charge in [-0.05, 0) is 32.3 Å². The Morgan fingerprint density at radius 1 is 1.31 bits per heavy atom. The predicted octanol–water partition coefficient (Wildman–Crippen LogP) is 2.31. The van der Waals surface area contributed by atoms with Crippen LogP contribution in [0.4, 0.5) is 0 Å². The highest BCUT2D eigenvalue weighted by molar-refractivity contribution is 5.93. The number of rotatable bonds is 2. The van der Waals surface area contributed by atoms with Gasteiger partial charge in [0.2, 0.25) is 0 Å². The smallest absolute Gasteiger partial charge is 0.337 e. The van der Waals surface area contributed by atoms with E-state index in [-0.39, 0.29) is 36.7 Å². The molecule has 26 heavy (non-hydrogen) atoms. The SMILES string of the molecule is C=C(C)[C@@H]1CC(=O)C[C@@H]2O[C@](C)(CC2=O)C[C@@H]2C=C(C(=O)O2)[C@@H](OC)C1. The fourth-order valence-electron chi connectivity index (χ4n) is 4.11. The van der Waals surface area contributed by atoms with E-state index >= 15 is 0 Å². The second kappa shape index (κ2) is 7.08. The molecule has 0 unspecified atom stereocenters. The number of ketones is 2. The molecule has 6 nitrogen and oxygen atoms in total. The van der Waals surface area contributed by atoms with Crippen molar-refractivity contribution < 1.29 is 28.6 Å². The van der Waals surface area contributed by atoms with Gasteiger partial charge in [-0.25, -0.2) is 4.79 Å². The van der Waals surface area contributed by atoms with Crippen LogP contribution in [0.25, 0.3) is 0 Å². The first-order valence-electron chi connectivity index (χ1n) is 9.04. The first kappa shape index (κ1) is 19.0. The van der Waals surface area contributed by atoms with Crippen LogP contribution in [0.1, 0.15) is 46.0 Å². The average Bonchev–Trinajstić information content (AvgIpc) is 3.02. The zero-order valence-electron chi connectivity index (χ0n) is 15.6. The number of ether oxygens (including phenoxy) is 3. The van der Waals surface area contributed by atoms with Crippen LogP contribution in [-0.4, -0.2) is 48.6 Å². The van der Waals surface area contributed by atoms with Crippen molar-refractivity contribution in [3.05, 3.63) is 23.8 Å². The molecule has 0 aromatic rings. The second-order valence-electron chi connectivity index (χ2n) is 7.92. The van der Waals surface area contributed by atoms with Crippen molar-refractivity contribution in [3.63, 3.8) is 0 Å². The molecular formula is C20H26O6. The summed E-state index contributed by atoms with van der Waals surface area (Å²) >= 11 is 0. The fraction of sp³-hybridized carbons (Fsp3) is 0.650. The molecule has 0 amide bonds. The van der Waals surface area contributed by atoms with Crippen LogP contribution in [0.15, 0.2) is 23.8 Å². The number of carbonyl (C=O) groups excluding carboxylic acids is 3. The Bertz CT molecular complexity index is 678. The van der Waals surface area contributed by atoms with Crippen LogP contribution in [-0.2, 0) is 28.6 Å². The highest BCUT2D eigenvalue weighted by Crippen LogP contribution is 2.38. The molecule has 0 saturated carbocycles. The summed E-state index contributed by atoms with van der Waals surface area (Å²) < 4.78 is 17.0. The molecule has 4 bridgehead atoms. The maximum atomic E-state index is 12.5. The molecule has 1 saturated heterocycles. The van der Waals surface area contributed by atoms with Gasteiger partial charge >= 0.3 is 5.97 Å². The molecular weight excluding hydrogens is 336 g/mol. The average molecular weight is 362 g/mol. The molecule has 1 fully saturated rings. The highest BCUT2D eigenvalue weighted by atomic mass is 16.6. The summed E-state index contributed by atoms with van der Waals surface area (Å²) in [6.45, 7) is 7.68. The zero-order valence-corrected chi connectivity index (χ0v) is 15.6. The van der Waals surface area contributed by atoms with Crippen LogP contribution >= 0.6 is 0 Å². The van der Waals surface area contributed by atoms with Gasteiger partial charge in [0, 0.05) is 32.8 Å². The van der Waals surface area contributed by atoms with E-state index in [0.717, 1.165) is 5.57 Å². The first-order valence-corrected chi connectivity index (χ1v) is 9.04. The molecule has 0 spiro atoms. The Kier molecular flexibility index (Phi) is 5.17. The van der Waals surface area contributed by atoms with Gasteiger partial charge in [-0.1, -0.05) is 12.2 Å². The van der Waals surface area contributed by atoms with E-state index in [9.17, 15) is 14.4 Å². The van der Waals surface area contributed by atoms with E-state index < -0.39 is 29.9 Å². The number of allylic oxidation sites excluding steroid dienone is 1. The number of hydrogen-bond acceptors (Lipinski definition) is 6. The van der Waals surface area contributed by atoms with Gasteiger partial charge in [0.25, 0.3) is 0 Å². The molecule has 142 valence electrons. The third-order valence-electron chi connectivity index (χ3n) is 5.54. The van der Waals surface area contributed by atoms with Crippen molar-refractivity contribution >= 4 is 17.5 Å². The molecule has 3 aliphatic heterocycles. The minimum atomic E-state index is -0.733. The van der Waals surface area contributed by atoms with Crippen LogP contribution in [0.3, 0.4) is 0 Å². The summed E-state index contributed by atoms with van der Waals surface area (Å²) in [5.74, 6) is -0.636. The minimum Gasteiger partial charge on any atom is -0.455 e. The lowest BCUT2D eigenvalue weighted by Crippen LogP contribution is -2.31. The second-order valence-corrected chi connectivity index (χ2v) is 7.92. The Hall–Kier alpha value is -1.79. The van der Waals surface area contributed by atoms with Gasteiger partial charge in [-0.15, -0.1) is 0 Å². The first-order chi connectivity index (χ1) is 12.2. The van der Waals surface area contributed by atoms with Crippen molar-refractivity contribution in [1.29, 1.82) is 0 Å². The van der Waals surface area contributed by atoms with Gasteiger partial charge in [0.1, 0.15) is 18.0 Å². The van der Waals surface area contributed by atoms with Crippen LogP contribution < -0.4 is 0 Å². The lowest BCUT2D eigenvalue weighted by molar-refractivity contribution is -0.144. The molecule has 6 heteroatoms. The number of fused-ring (bicyclic) bond motifs is 3. The summed E-state index contributed by atoms with van der Waals surface area (Å²) in [5.41, 5.74) is 0.589. The van der Waals surface area contributed by atoms with E-state index in [0.29, 0.717) is 18.4 Å². The standard InChI is InChI=1S/C20H26O6/c1-11(2)12-5-13(21)7-18-16(22)10-20(3,26-18)9-14-8-15(19(23)25-14)17(6-12)24-4/h8,12,14,17-18H,1,5-7,9-10H2,2-4H3/t12-,14+,17+,18+,20+/m1/s1. The Labute approximate surface area is 153 Å². The quantitative estimate of drug-likeness (QED) is 0.554. The number of hydrogen-bond donors (Lipinski definition) is 0. The van der Waals surface area contributed by atoms with Gasteiger partial charge in [-0.3, -0.25) is 9.59 Å². The van der Waals surface area contributed by atoms with E-state index in [1.165, 1.54) is 0 Å². The van der Waals surface area contributed by atoms with Crippen LogP contribution in [0.2, 0.25) is 0 Å². The minimum absolute atomic E-state index is 0.0311. The fourth-order valence-corrected chi connectivity index (χ4v) is 4.11. The normalized spacial score (nSPS) is 38.1. The third-order valence-corrected chi connectivity index (χ3v) is 5.54. The summed E-state index contributed by atoms with van der Waals surface area (Å²) in [4.78, 5) is 37.2. The third kappa shape index (κ3) is 3.81. The number of methoxy groups -OCH3 is 1. The van der Waals surface area contributed by atoms with Crippen molar-refractivity contribution in [2.75, 3.05) is 7.11 Å². The highest BCUT2D eigenvalue weighted by Gasteiger charge is 2.46. The van der Waals surface area contributed by atoms with Gasteiger partial charge < -0.3 is 14.2 Å². The zero-order chi connectivity index (χ0) is 19.1. The molecule has 0 radical (unpaired) electrons. The lowest BCUT2D eigenvalue weighted by Gasteiger charge is -2.26. The van der Waals surface area contributed by atoms with E-state index in [1.807, 2.05) is 13.8 Å². The van der Waals surface area contributed by atoms with Crippen molar-refractivity contribution in [2.24, 2.45) is 5.92 Å². The van der Waals surface area contributed by atoms with Gasteiger partial charge in [0.15, 0.2) is 5.78 Å². The molecule has 0 aliphatic carbocycles. The maximum Gasteiger partial charge on any atom is 0.337 e. The van der Waals surface area contributed by atoms with Crippen LogP contribution in [0, 0.1) is 5.92 Å². The Balaban J connectivity index is 1.94. The molecule has 5 atom stereocenters. The largest absolute Gasteiger partial charge is 0.455 e. The molecule has 0 aromatic carbocycles. The van der Waals surface area contributed by atoms with Crippen molar-refractivity contribution in [1.82, 2.24) is 0 Å². The Morgan fingerprint density at radius 2 is 2.04 bits per heavy atom. The summed E-state index contributed by atoms with van der Waals surface area (Å²) in [6.07, 6.45) is 1.59. The van der Waals surface area contributed by atoms with E-state index in [1.54, 1.807) is 13.2 Å². The summed E-state index contributed by atoms with van der Waals surface area (Å²) in [6, 6.07) is 0. The number of esters is 1. The van der Waals surface area contributed by atoms with E-state index in [4.69, 9.17) is 14.2 Å². The van der Waals surface area contributed by atoms with Gasteiger partial charge in [0.05, 0.1) is 17.3 Å². The summed E-state index contributed by atoms with van der Waals surface area (Å²) in [5, 5.41) is 0. The van der Waals surface area contributed by atoms with E-state index in [2.05, 4.69) is 6.58 Å². The van der Waals surface area contributed by atoms with Crippen LogP contribution in [0.5, 0.6) is 0 Å². The monoisotopic (exact) mass is 362 g/mol. The molecule has 3 rings (SSSR count). The molecule has 3 heterocycles. The maximum absolute atomic E-state index is 12.5. The number of carbonyl (C=O) groups is 3. The molecule has 0 aromatic heterocycles. The van der Waals surface area contributed by atoms with Gasteiger partial charge in [-0.2, -0.15) is 0 Å². The van der Waals surface area contributed by atoms with Crippen molar-refractivity contribution in [2.45, 2.75) is 69.9 Å². The van der Waals surface area contributed by atoms with Crippen molar-refractivity contribution in [3.8, 4) is 0 Å².